The Kier molecular flexibility index (Phi) is 3.84. The summed E-state index contributed by atoms with van der Waals surface area (Å²) in [6.07, 6.45) is 0. The fourth-order valence-corrected chi connectivity index (χ4v) is 2.19. The van der Waals surface area contributed by atoms with E-state index in [0.29, 0.717) is 32.8 Å². The number of nitrogens with zero attached hydrogens (tertiary/aromatic N) is 1. The van der Waals surface area contributed by atoms with E-state index in [0.717, 1.165) is 0 Å². The van der Waals surface area contributed by atoms with Gasteiger partial charge in [-0.1, -0.05) is 0 Å². The van der Waals surface area contributed by atoms with E-state index >= 15 is 0 Å². The van der Waals surface area contributed by atoms with E-state index in [-0.39, 0.29) is 18.6 Å². The quantitative estimate of drug-likeness (QED) is 0.650. The van der Waals surface area contributed by atoms with Crippen molar-refractivity contribution >= 4 is 11.9 Å². The van der Waals surface area contributed by atoms with Crippen LogP contribution in [0.3, 0.4) is 0 Å². The predicted octanol–water partition coefficient (Wildman–Crippen LogP) is -1.32. The van der Waals surface area contributed by atoms with E-state index in [2.05, 4.69) is 5.32 Å². The van der Waals surface area contributed by atoms with Crippen molar-refractivity contribution in [3.05, 3.63) is 0 Å². The standard InChI is InChI=1S/C11H18N2O5/c1-11(18-5-9(14)15)6-13(7-11)10(16)8-4-17-3-2-12-8/h8,12H,2-7H2,1H3,(H,14,15). The van der Waals surface area contributed by atoms with E-state index in [1.165, 1.54) is 0 Å². The van der Waals surface area contributed by atoms with Crippen LogP contribution in [0.25, 0.3) is 0 Å². The molecule has 0 spiro atoms. The molecule has 0 aromatic carbocycles. The lowest BCUT2D eigenvalue weighted by atomic mass is 9.95. The van der Waals surface area contributed by atoms with Gasteiger partial charge in [0, 0.05) is 6.54 Å². The Balaban J connectivity index is 1.77. The Labute approximate surface area is 105 Å². The minimum Gasteiger partial charge on any atom is -0.480 e. The monoisotopic (exact) mass is 258 g/mol. The molecule has 2 saturated heterocycles. The first-order chi connectivity index (χ1) is 8.50. The Bertz CT molecular complexity index is 334. The van der Waals surface area contributed by atoms with E-state index < -0.39 is 11.6 Å². The van der Waals surface area contributed by atoms with Crippen molar-refractivity contribution < 1.29 is 24.2 Å². The zero-order valence-corrected chi connectivity index (χ0v) is 10.3. The molecule has 0 saturated carbocycles. The number of rotatable bonds is 4. The Morgan fingerprint density at radius 3 is 2.83 bits per heavy atom. The first-order valence-corrected chi connectivity index (χ1v) is 5.96. The van der Waals surface area contributed by atoms with Crippen LogP contribution in [0.4, 0.5) is 0 Å². The highest BCUT2D eigenvalue weighted by Gasteiger charge is 2.44. The number of ether oxygens (including phenoxy) is 2. The van der Waals surface area contributed by atoms with Gasteiger partial charge in [0.15, 0.2) is 0 Å². The average molecular weight is 258 g/mol. The van der Waals surface area contributed by atoms with Gasteiger partial charge in [-0.2, -0.15) is 0 Å². The highest BCUT2D eigenvalue weighted by molar-refractivity contribution is 5.83. The molecule has 7 heteroatoms. The molecule has 1 unspecified atom stereocenters. The predicted molar refractivity (Wildman–Crippen MR) is 61.2 cm³/mol. The van der Waals surface area contributed by atoms with Crippen molar-refractivity contribution in [2.75, 3.05) is 39.5 Å². The fraction of sp³-hybridized carbons (Fsp3) is 0.818. The smallest absolute Gasteiger partial charge is 0.329 e. The minimum atomic E-state index is -0.997. The molecule has 1 atom stereocenters. The molecule has 1 amide bonds. The molecular weight excluding hydrogens is 240 g/mol. The van der Waals surface area contributed by atoms with Crippen molar-refractivity contribution in [3.8, 4) is 0 Å². The molecule has 0 radical (unpaired) electrons. The van der Waals surface area contributed by atoms with Gasteiger partial charge in [0.2, 0.25) is 5.91 Å². The molecule has 2 fully saturated rings. The molecular formula is C11H18N2O5. The third-order valence-electron chi connectivity index (χ3n) is 3.13. The van der Waals surface area contributed by atoms with Gasteiger partial charge in [-0.15, -0.1) is 0 Å². The van der Waals surface area contributed by atoms with E-state index in [4.69, 9.17) is 14.6 Å². The van der Waals surface area contributed by atoms with Crippen LogP contribution in [0.15, 0.2) is 0 Å². The molecule has 2 rings (SSSR count). The van der Waals surface area contributed by atoms with Crippen LogP contribution < -0.4 is 5.32 Å². The summed E-state index contributed by atoms with van der Waals surface area (Å²) in [4.78, 5) is 24.1. The first kappa shape index (κ1) is 13.3. The molecule has 0 bridgehead atoms. The van der Waals surface area contributed by atoms with Crippen molar-refractivity contribution in [2.24, 2.45) is 0 Å². The van der Waals surface area contributed by atoms with E-state index in [9.17, 15) is 9.59 Å². The third-order valence-corrected chi connectivity index (χ3v) is 3.13. The van der Waals surface area contributed by atoms with Crippen LogP contribution in [0.2, 0.25) is 0 Å². The SMILES string of the molecule is CC1(OCC(=O)O)CN(C(=O)C2COCCN2)C1. The van der Waals surface area contributed by atoms with Gasteiger partial charge in [0.05, 0.1) is 26.3 Å². The highest BCUT2D eigenvalue weighted by Crippen LogP contribution is 2.25. The molecule has 2 aliphatic heterocycles. The van der Waals surface area contributed by atoms with Gasteiger partial charge >= 0.3 is 5.97 Å². The maximum Gasteiger partial charge on any atom is 0.329 e. The second-order valence-electron chi connectivity index (χ2n) is 4.91. The average Bonchev–Trinajstić information content (AvgIpc) is 2.33. The van der Waals surface area contributed by atoms with E-state index in [1.807, 2.05) is 6.92 Å². The summed E-state index contributed by atoms with van der Waals surface area (Å²) < 4.78 is 10.5. The van der Waals surface area contributed by atoms with Gasteiger partial charge < -0.3 is 24.8 Å². The molecule has 18 heavy (non-hydrogen) atoms. The van der Waals surface area contributed by atoms with Crippen molar-refractivity contribution in [1.82, 2.24) is 10.2 Å². The van der Waals surface area contributed by atoms with Crippen molar-refractivity contribution in [2.45, 2.75) is 18.6 Å². The van der Waals surface area contributed by atoms with Crippen molar-refractivity contribution in [3.63, 3.8) is 0 Å². The number of hydrogen-bond donors (Lipinski definition) is 2. The summed E-state index contributed by atoms with van der Waals surface area (Å²) in [5, 5.41) is 11.6. The number of hydrogen-bond acceptors (Lipinski definition) is 5. The summed E-state index contributed by atoms with van der Waals surface area (Å²) in [6, 6.07) is -0.289. The van der Waals surface area contributed by atoms with Crippen molar-refractivity contribution in [1.29, 1.82) is 0 Å². The lowest BCUT2D eigenvalue weighted by Gasteiger charge is -2.48. The molecule has 2 N–H and O–H groups in total. The second kappa shape index (κ2) is 5.21. The zero-order valence-electron chi connectivity index (χ0n) is 10.3. The maximum absolute atomic E-state index is 12.0. The maximum atomic E-state index is 12.0. The minimum absolute atomic E-state index is 0.00824. The lowest BCUT2D eigenvalue weighted by molar-refractivity contribution is -0.175. The summed E-state index contributed by atoms with van der Waals surface area (Å²) in [5.41, 5.74) is -0.538. The van der Waals surface area contributed by atoms with Gasteiger partial charge in [-0.05, 0) is 6.92 Å². The molecule has 102 valence electrons. The molecule has 0 aliphatic carbocycles. The summed E-state index contributed by atoms with van der Waals surface area (Å²) in [5.74, 6) is -1.01. The first-order valence-electron chi connectivity index (χ1n) is 5.96. The number of carboxylic acids is 1. The number of morpholine rings is 1. The number of nitrogens with one attached hydrogen (secondary N) is 1. The normalized spacial score (nSPS) is 26.5. The van der Waals surface area contributed by atoms with Gasteiger partial charge in [0.25, 0.3) is 0 Å². The Morgan fingerprint density at radius 1 is 1.56 bits per heavy atom. The van der Waals surface area contributed by atoms with Crippen LogP contribution in [-0.2, 0) is 19.1 Å². The second-order valence-corrected chi connectivity index (χ2v) is 4.91. The van der Waals surface area contributed by atoms with Gasteiger partial charge in [-0.3, -0.25) is 4.79 Å². The molecule has 2 aliphatic rings. The van der Waals surface area contributed by atoms with Crippen LogP contribution in [0.5, 0.6) is 0 Å². The van der Waals surface area contributed by atoms with Gasteiger partial charge in [0.1, 0.15) is 18.2 Å². The lowest BCUT2D eigenvalue weighted by Crippen LogP contribution is -2.67. The Morgan fingerprint density at radius 2 is 2.28 bits per heavy atom. The molecule has 0 aromatic heterocycles. The van der Waals surface area contributed by atoms with Crippen LogP contribution in [0, 0.1) is 0 Å². The number of likely N-dealkylation sites (tertiary alicyclic amines) is 1. The number of amides is 1. The van der Waals surface area contributed by atoms with E-state index in [1.54, 1.807) is 4.90 Å². The highest BCUT2D eigenvalue weighted by atomic mass is 16.5. The summed E-state index contributed by atoms with van der Waals surface area (Å²) in [7, 11) is 0. The van der Waals surface area contributed by atoms with Crippen LogP contribution in [0.1, 0.15) is 6.92 Å². The number of carbonyl (C=O) groups is 2. The van der Waals surface area contributed by atoms with Gasteiger partial charge in [-0.25, -0.2) is 4.79 Å². The topological polar surface area (TPSA) is 88.1 Å². The summed E-state index contributed by atoms with van der Waals surface area (Å²) in [6.45, 7) is 4.03. The third kappa shape index (κ3) is 2.98. The number of carbonyl (C=O) groups excluding carboxylic acids is 1. The van der Waals surface area contributed by atoms with Crippen LogP contribution >= 0.6 is 0 Å². The zero-order chi connectivity index (χ0) is 13.2. The molecule has 0 aromatic rings. The Hall–Kier alpha value is -1.18. The fourth-order valence-electron chi connectivity index (χ4n) is 2.19. The molecule has 7 nitrogen and oxygen atoms in total. The van der Waals surface area contributed by atoms with Crippen LogP contribution in [-0.4, -0.2) is 73.0 Å². The number of aliphatic carboxylic acids is 1. The number of carboxylic acid groups (broad SMARTS) is 1. The largest absolute Gasteiger partial charge is 0.480 e. The summed E-state index contributed by atoms with van der Waals surface area (Å²) >= 11 is 0. The molecule has 2 heterocycles.